The highest BCUT2D eigenvalue weighted by Gasteiger charge is 2.44. The second kappa shape index (κ2) is 5.37. The predicted octanol–water partition coefficient (Wildman–Crippen LogP) is 1.24. The first-order chi connectivity index (χ1) is 11.5. The van der Waals surface area contributed by atoms with Gasteiger partial charge in [0.1, 0.15) is 11.3 Å². The zero-order valence-corrected chi connectivity index (χ0v) is 13.6. The number of benzene rings is 2. The Labute approximate surface area is 139 Å². The Bertz CT molecular complexity index is 982. The summed E-state index contributed by atoms with van der Waals surface area (Å²) in [6.45, 7) is 0.194. The van der Waals surface area contributed by atoms with Gasteiger partial charge in [0.2, 0.25) is 10.0 Å². The van der Waals surface area contributed by atoms with Crippen LogP contribution in [-0.2, 0) is 15.6 Å². The minimum atomic E-state index is -3.71. The summed E-state index contributed by atoms with van der Waals surface area (Å²) in [7, 11) is -3.71. The molecule has 2 heterocycles. The third kappa shape index (κ3) is 2.31. The van der Waals surface area contributed by atoms with Crippen molar-refractivity contribution >= 4 is 20.8 Å². The average molecular weight is 344 g/mol. The van der Waals surface area contributed by atoms with Crippen molar-refractivity contribution < 1.29 is 13.5 Å². The van der Waals surface area contributed by atoms with E-state index in [9.17, 15) is 13.5 Å². The SMILES string of the molecule is O=S(=O)(c1cccc2ccccc12)N1CC[C@](O)(c2cn[nH]n2)C1. The molecule has 0 aliphatic carbocycles. The molecular weight excluding hydrogens is 328 g/mol. The van der Waals surface area contributed by atoms with E-state index in [1.54, 1.807) is 18.2 Å². The van der Waals surface area contributed by atoms with E-state index in [1.807, 2.05) is 24.3 Å². The van der Waals surface area contributed by atoms with Gasteiger partial charge in [0.25, 0.3) is 0 Å². The standard InChI is InChI=1S/C16H16N4O3S/c21-16(15-10-17-19-18-15)8-9-20(11-16)24(22,23)14-7-3-5-12-4-1-2-6-13(12)14/h1-7,10,21H,8-9,11H2,(H,17,18,19)/t16-/m1/s1. The monoisotopic (exact) mass is 344 g/mol. The van der Waals surface area contributed by atoms with Crippen LogP contribution in [0.4, 0.5) is 0 Å². The van der Waals surface area contributed by atoms with Crippen molar-refractivity contribution in [1.29, 1.82) is 0 Å². The van der Waals surface area contributed by atoms with Gasteiger partial charge in [-0.3, -0.25) is 0 Å². The van der Waals surface area contributed by atoms with Crippen LogP contribution in [0.3, 0.4) is 0 Å². The van der Waals surface area contributed by atoms with Crippen LogP contribution in [-0.4, -0.2) is 46.3 Å². The number of aromatic amines is 1. The lowest BCUT2D eigenvalue weighted by molar-refractivity contribution is 0.0485. The number of sulfonamides is 1. The highest BCUT2D eigenvalue weighted by molar-refractivity contribution is 7.89. The number of fused-ring (bicyclic) bond motifs is 1. The summed E-state index contributed by atoms with van der Waals surface area (Å²) >= 11 is 0. The number of nitrogens with zero attached hydrogens (tertiary/aromatic N) is 3. The minimum Gasteiger partial charge on any atom is -0.382 e. The average Bonchev–Trinajstić information content (AvgIpc) is 3.25. The Morgan fingerprint density at radius 3 is 2.75 bits per heavy atom. The van der Waals surface area contributed by atoms with Gasteiger partial charge >= 0.3 is 0 Å². The highest BCUT2D eigenvalue weighted by atomic mass is 32.2. The van der Waals surface area contributed by atoms with Gasteiger partial charge in [-0.2, -0.15) is 19.7 Å². The molecule has 1 aliphatic heterocycles. The molecule has 0 radical (unpaired) electrons. The van der Waals surface area contributed by atoms with Crippen molar-refractivity contribution in [2.45, 2.75) is 16.9 Å². The summed E-state index contributed by atoms with van der Waals surface area (Å²) in [5.74, 6) is 0. The first-order valence-electron chi connectivity index (χ1n) is 7.57. The molecule has 7 nitrogen and oxygen atoms in total. The molecule has 1 aliphatic rings. The van der Waals surface area contributed by atoms with Crippen LogP contribution < -0.4 is 0 Å². The highest BCUT2D eigenvalue weighted by Crippen LogP contribution is 2.35. The number of aliphatic hydroxyl groups is 1. The molecular formula is C16H16N4O3S. The second-order valence-corrected chi connectivity index (χ2v) is 7.86. The molecule has 8 heteroatoms. The molecule has 0 bridgehead atoms. The molecule has 1 atom stereocenters. The number of hydrogen-bond acceptors (Lipinski definition) is 5. The lowest BCUT2D eigenvalue weighted by Gasteiger charge is -2.21. The molecule has 3 aromatic rings. The van der Waals surface area contributed by atoms with Gasteiger partial charge in [0.15, 0.2) is 0 Å². The number of H-pyrrole nitrogens is 1. The van der Waals surface area contributed by atoms with Crippen LogP contribution in [0.1, 0.15) is 12.1 Å². The topological polar surface area (TPSA) is 99.2 Å². The summed E-state index contributed by atoms with van der Waals surface area (Å²) in [5, 5.41) is 22.3. The van der Waals surface area contributed by atoms with Gasteiger partial charge in [-0.25, -0.2) is 8.42 Å². The van der Waals surface area contributed by atoms with Crippen molar-refractivity contribution in [2.75, 3.05) is 13.1 Å². The largest absolute Gasteiger partial charge is 0.382 e. The fourth-order valence-electron chi connectivity index (χ4n) is 3.16. The van der Waals surface area contributed by atoms with Crippen molar-refractivity contribution in [3.8, 4) is 0 Å². The molecule has 1 saturated heterocycles. The first-order valence-corrected chi connectivity index (χ1v) is 9.01. The van der Waals surface area contributed by atoms with Crippen molar-refractivity contribution in [2.24, 2.45) is 0 Å². The van der Waals surface area contributed by atoms with Crippen LogP contribution >= 0.6 is 0 Å². The molecule has 24 heavy (non-hydrogen) atoms. The number of β-amino-alcohol motifs (C(OH)–C–C–N with tert-alkyl or cyclic N) is 1. The summed E-state index contributed by atoms with van der Waals surface area (Å²) in [4.78, 5) is 0.255. The predicted molar refractivity (Wildman–Crippen MR) is 87.6 cm³/mol. The van der Waals surface area contributed by atoms with Crippen LogP contribution in [0.15, 0.2) is 53.6 Å². The van der Waals surface area contributed by atoms with Crippen molar-refractivity contribution in [1.82, 2.24) is 19.7 Å². The number of nitrogens with one attached hydrogen (secondary N) is 1. The summed E-state index contributed by atoms with van der Waals surface area (Å²) in [5.41, 5.74) is -0.955. The Kier molecular flexibility index (Phi) is 3.41. The zero-order valence-electron chi connectivity index (χ0n) is 12.8. The molecule has 2 N–H and O–H groups in total. The van der Waals surface area contributed by atoms with Crippen LogP contribution in [0.25, 0.3) is 10.8 Å². The molecule has 1 aromatic heterocycles. The molecule has 2 aromatic carbocycles. The lowest BCUT2D eigenvalue weighted by atomic mass is 10.0. The lowest BCUT2D eigenvalue weighted by Crippen LogP contribution is -2.34. The summed E-state index contributed by atoms with van der Waals surface area (Å²) < 4.78 is 27.5. The first kappa shape index (κ1) is 15.3. The Hall–Kier alpha value is -2.29. The van der Waals surface area contributed by atoms with E-state index in [-0.39, 0.29) is 24.4 Å². The third-order valence-electron chi connectivity index (χ3n) is 4.47. The van der Waals surface area contributed by atoms with E-state index in [0.29, 0.717) is 11.1 Å². The summed E-state index contributed by atoms with van der Waals surface area (Å²) in [6.07, 6.45) is 1.71. The number of hydrogen-bond donors (Lipinski definition) is 2. The number of rotatable bonds is 3. The van der Waals surface area contributed by atoms with Crippen molar-refractivity contribution in [3.05, 3.63) is 54.4 Å². The normalized spacial score (nSPS) is 22.2. The van der Waals surface area contributed by atoms with Gasteiger partial charge in [0, 0.05) is 18.5 Å². The molecule has 1 fully saturated rings. The minimum absolute atomic E-state index is 0.0366. The second-order valence-electron chi connectivity index (χ2n) is 5.95. The molecule has 0 saturated carbocycles. The smallest absolute Gasteiger partial charge is 0.243 e. The zero-order chi connectivity index (χ0) is 16.8. The fourth-order valence-corrected chi connectivity index (χ4v) is 4.87. The molecule has 0 amide bonds. The van der Waals surface area contributed by atoms with E-state index in [1.165, 1.54) is 10.5 Å². The Morgan fingerprint density at radius 1 is 1.17 bits per heavy atom. The van der Waals surface area contributed by atoms with Crippen molar-refractivity contribution in [3.63, 3.8) is 0 Å². The quantitative estimate of drug-likeness (QED) is 0.745. The van der Waals surface area contributed by atoms with E-state index in [2.05, 4.69) is 15.4 Å². The van der Waals surface area contributed by atoms with Gasteiger partial charge in [-0.05, 0) is 17.9 Å². The summed E-state index contributed by atoms with van der Waals surface area (Å²) in [6, 6.07) is 12.6. The van der Waals surface area contributed by atoms with Gasteiger partial charge in [0.05, 0.1) is 11.1 Å². The maximum absolute atomic E-state index is 13.1. The fraction of sp³-hybridized carbons (Fsp3) is 0.250. The molecule has 124 valence electrons. The maximum atomic E-state index is 13.1. The molecule has 0 unspecified atom stereocenters. The third-order valence-corrected chi connectivity index (χ3v) is 6.38. The van der Waals surface area contributed by atoms with E-state index < -0.39 is 15.6 Å². The molecule has 0 spiro atoms. The van der Waals surface area contributed by atoms with E-state index in [4.69, 9.17) is 0 Å². The number of aromatic nitrogens is 3. The Morgan fingerprint density at radius 2 is 1.96 bits per heavy atom. The van der Waals surface area contributed by atoms with E-state index >= 15 is 0 Å². The van der Waals surface area contributed by atoms with Gasteiger partial charge in [-0.15, -0.1) is 0 Å². The van der Waals surface area contributed by atoms with E-state index in [0.717, 1.165) is 5.39 Å². The van der Waals surface area contributed by atoms with Crippen LogP contribution in [0, 0.1) is 0 Å². The Balaban J connectivity index is 1.74. The van der Waals surface area contributed by atoms with Gasteiger partial charge in [-0.1, -0.05) is 36.4 Å². The van der Waals surface area contributed by atoms with Crippen LogP contribution in [0.5, 0.6) is 0 Å². The molecule has 4 rings (SSSR count). The van der Waals surface area contributed by atoms with Gasteiger partial charge < -0.3 is 5.11 Å². The van der Waals surface area contributed by atoms with Crippen LogP contribution in [0.2, 0.25) is 0 Å². The maximum Gasteiger partial charge on any atom is 0.243 e.